The first-order valence-corrected chi connectivity index (χ1v) is 14.4. The summed E-state index contributed by atoms with van der Waals surface area (Å²) >= 11 is 0. The van der Waals surface area contributed by atoms with Gasteiger partial charge in [0.25, 0.3) is 5.91 Å². The van der Waals surface area contributed by atoms with E-state index in [1.54, 1.807) is 16.0 Å². The summed E-state index contributed by atoms with van der Waals surface area (Å²) in [6.07, 6.45) is 5.25. The Labute approximate surface area is 240 Å². The molecule has 1 aromatic heterocycles. The zero-order valence-electron chi connectivity index (χ0n) is 24.6. The number of ether oxygens (including phenoxy) is 3. The predicted octanol–water partition coefficient (Wildman–Crippen LogP) is 4.88. The van der Waals surface area contributed by atoms with Crippen molar-refractivity contribution in [3.05, 3.63) is 42.1 Å². The zero-order chi connectivity index (χ0) is 29.4. The predicted molar refractivity (Wildman–Crippen MR) is 151 cm³/mol. The van der Waals surface area contributed by atoms with Gasteiger partial charge in [-0.15, -0.1) is 0 Å². The Morgan fingerprint density at radius 1 is 1.17 bits per heavy atom. The van der Waals surface area contributed by atoms with Crippen LogP contribution in [0.5, 0.6) is 11.5 Å². The fourth-order valence-corrected chi connectivity index (χ4v) is 5.92. The van der Waals surface area contributed by atoms with Crippen LogP contribution in [0.25, 0.3) is 0 Å². The van der Waals surface area contributed by atoms with Crippen molar-refractivity contribution in [2.24, 2.45) is 5.41 Å². The van der Waals surface area contributed by atoms with E-state index >= 15 is 0 Å². The highest BCUT2D eigenvalue weighted by molar-refractivity contribution is 5.97. The van der Waals surface area contributed by atoms with Gasteiger partial charge in [0.15, 0.2) is 11.6 Å². The van der Waals surface area contributed by atoms with Gasteiger partial charge >= 0.3 is 6.09 Å². The maximum atomic E-state index is 14.4. The Hall–Kier alpha value is -3.47. The van der Waals surface area contributed by atoms with E-state index in [-0.39, 0.29) is 40.8 Å². The summed E-state index contributed by atoms with van der Waals surface area (Å²) in [5.74, 6) is 0.447. The molecule has 1 aromatic carbocycles. The molecule has 3 saturated heterocycles. The average molecular weight is 570 g/mol. The molecule has 0 saturated carbocycles. The third-order valence-corrected chi connectivity index (χ3v) is 7.97. The van der Waals surface area contributed by atoms with E-state index in [2.05, 4.69) is 14.9 Å². The molecule has 222 valence electrons. The van der Waals surface area contributed by atoms with Crippen molar-refractivity contribution >= 4 is 17.8 Å². The van der Waals surface area contributed by atoms with Gasteiger partial charge in [-0.05, 0) is 72.1 Å². The molecule has 3 fully saturated rings. The number of nitrogens with zero attached hydrogens (tertiary/aromatic N) is 5. The molecule has 0 N–H and O–H groups in total. The number of halogens is 1. The minimum atomic E-state index is -0.518. The van der Waals surface area contributed by atoms with Gasteiger partial charge in [0, 0.05) is 44.2 Å². The molecule has 1 atom stereocenters. The minimum Gasteiger partial charge on any atom is -0.451 e. The largest absolute Gasteiger partial charge is 0.451 e. The van der Waals surface area contributed by atoms with Gasteiger partial charge < -0.3 is 28.9 Å². The summed E-state index contributed by atoms with van der Waals surface area (Å²) < 4.78 is 31.7. The molecule has 10 nitrogen and oxygen atoms in total. The van der Waals surface area contributed by atoms with Crippen molar-refractivity contribution in [2.75, 3.05) is 44.3 Å². The first-order valence-electron chi connectivity index (χ1n) is 14.4. The van der Waals surface area contributed by atoms with Gasteiger partial charge in [0.1, 0.15) is 23.5 Å². The number of piperidine rings is 1. The number of hydrogen-bond donors (Lipinski definition) is 0. The summed E-state index contributed by atoms with van der Waals surface area (Å²) in [6, 6.07) is 3.81. The highest BCUT2D eigenvalue weighted by atomic mass is 19.1. The number of rotatable bonds is 6. The monoisotopic (exact) mass is 569 g/mol. The van der Waals surface area contributed by atoms with Gasteiger partial charge in [-0.25, -0.2) is 19.2 Å². The van der Waals surface area contributed by atoms with Crippen LogP contribution in [0.3, 0.4) is 0 Å². The topological polar surface area (TPSA) is 97.3 Å². The summed E-state index contributed by atoms with van der Waals surface area (Å²) in [7, 11) is 0. The molecule has 0 bridgehead atoms. The molecule has 4 heterocycles. The van der Waals surface area contributed by atoms with Crippen molar-refractivity contribution in [1.29, 1.82) is 0 Å². The first kappa shape index (κ1) is 29.0. The van der Waals surface area contributed by atoms with Gasteiger partial charge in [0.2, 0.25) is 0 Å². The fraction of sp³-hybridized carbons (Fsp3) is 0.600. The highest BCUT2D eigenvalue weighted by Crippen LogP contribution is 2.45. The average Bonchev–Trinajstić information content (AvgIpc) is 3.42. The van der Waals surface area contributed by atoms with Crippen molar-refractivity contribution in [1.82, 2.24) is 19.8 Å². The summed E-state index contributed by atoms with van der Waals surface area (Å²) in [5, 5.41) is 0. The molecule has 11 heteroatoms. The van der Waals surface area contributed by atoms with Crippen molar-refractivity contribution in [3.8, 4) is 11.5 Å². The first-order chi connectivity index (χ1) is 19.4. The Morgan fingerprint density at radius 3 is 2.54 bits per heavy atom. The quantitative estimate of drug-likeness (QED) is 0.486. The van der Waals surface area contributed by atoms with Crippen LogP contribution in [0.1, 0.15) is 64.2 Å². The van der Waals surface area contributed by atoms with Crippen LogP contribution in [-0.2, 0) is 9.47 Å². The van der Waals surface area contributed by atoms with Crippen LogP contribution in [0.2, 0.25) is 0 Å². The Kier molecular flexibility index (Phi) is 8.09. The van der Waals surface area contributed by atoms with Crippen LogP contribution in [0.4, 0.5) is 15.0 Å². The number of carbonyl (C=O) groups excluding carboxylic acids is 2. The van der Waals surface area contributed by atoms with Crippen LogP contribution in [0.15, 0.2) is 30.7 Å². The fourth-order valence-electron chi connectivity index (χ4n) is 5.92. The van der Waals surface area contributed by atoms with E-state index < -0.39 is 11.4 Å². The van der Waals surface area contributed by atoms with Gasteiger partial charge in [-0.3, -0.25) is 4.79 Å². The molecule has 0 radical (unpaired) electrons. The molecular weight excluding hydrogens is 529 g/mol. The molecule has 5 rings (SSSR count). The Balaban J connectivity index is 1.29. The maximum Gasteiger partial charge on any atom is 0.410 e. The van der Waals surface area contributed by atoms with Gasteiger partial charge in [-0.2, -0.15) is 0 Å². The summed E-state index contributed by atoms with van der Waals surface area (Å²) in [4.78, 5) is 40.5. The number of amides is 2. The number of benzene rings is 1. The second-order valence-electron chi connectivity index (χ2n) is 12.6. The number of hydrogen-bond acceptors (Lipinski definition) is 8. The molecular formula is C30H40FN5O5. The lowest BCUT2D eigenvalue weighted by Gasteiger charge is -2.54. The van der Waals surface area contributed by atoms with Crippen LogP contribution in [0, 0.1) is 11.2 Å². The number of aromatic nitrogens is 2. The number of carbonyl (C=O) groups is 2. The third-order valence-electron chi connectivity index (χ3n) is 7.97. The second-order valence-corrected chi connectivity index (χ2v) is 12.6. The molecule has 0 unspecified atom stereocenters. The minimum absolute atomic E-state index is 0.0757. The normalized spacial score (nSPS) is 20.2. The smallest absolute Gasteiger partial charge is 0.410 e. The van der Waals surface area contributed by atoms with Gasteiger partial charge in [0.05, 0.1) is 24.4 Å². The SMILES string of the molecule is CC(C)N(C(=O)c1cc(F)ccc1Oc1cncnc1N1CC2(CCN(C(=O)OC(C)(C)C)CC2)C1)[C@@H]1CCOC1. The molecule has 3 aliphatic rings. The van der Waals surface area contributed by atoms with Crippen LogP contribution >= 0.6 is 0 Å². The van der Waals surface area contributed by atoms with E-state index in [9.17, 15) is 14.0 Å². The lowest BCUT2D eigenvalue weighted by atomic mass is 9.72. The van der Waals surface area contributed by atoms with Crippen LogP contribution in [-0.4, -0.2) is 88.8 Å². The zero-order valence-corrected chi connectivity index (χ0v) is 24.6. The molecule has 0 aliphatic carbocycles. The molecule has 2 amide bonds. The Bertz CT molecular complexity index is 1260. The van der Waals surface area contributed by atoms with Gasteiger partial charge in [-0.1, -0.05) is 0 Å². The standard InChI is InChI=1S/C30H40FN5O5/c1-20(2)36(22-8-13-39-16-22)27(37)23-14-21(31)6-7-24(23)40-25-15-32-19-33-26(25)35-17-30(18-35)9-11-34(12-10-30)28(38)41-29(3,4)5/h6-7,14-15,19-20,22H,8-13,16-18H2,1-5H3/t22-/m1/s1. The van der Waals surface area contributed by atoms with E-state index in [1.807, 2.05) is 34.6 Å². The maximum absolute atomic E-state index is 14.4. The van der Waals surface area contributed by atoms with Crippen molar-refractivity contribution in [2.45, 2.75) is 71.6 Å². The van der Waals surface area contributed by atoms with E-state index in [1.165, 1.54) is 24.5 Å². The summed E-state index contributed by atoms with van der Waals surface area (Å²) in [5.41, 5.74) is -0.288. The molecule has 1 spiro atoms. The number of likely N-dealkylation sites (tertiary alicyclic amines) is 1. The Morgan fingerprint density at radius 2 is 1.90 bits per heavy atom. The molecule has 41 heavy (non-hydrogen) atoms. The lowest BCUT2D eigenvalue weighted by molar-refractivity contribution is 0.00585. The lowest BCUT2D eigenvalue weighted by Crippen LogP contribution is -2.61. The summed E-state index contributed by atoms with van der Waals surface area (Å²) in [6.45, 7) is 13.4. The van der Waals surface area contributed by atoms with E-state index in [0.29, 0.717) is 37.9 Å². The second kappa shape index (κ2) is 11.4. The van der Waals surface area contributed by atoms with E-state index in [0.717, 1.165) is 32.4 Å². The molecule has 2 aromatic rings. The molecule has 3 aliphatic heterocycles. The number of anilines is 1. The van der Waals surface area contributed by atoms with E-state index in [4.69, 9.17) is 14.2 Å². The van der Waals surface area contributed by atoms with Crippen molar-refractivity contribution < 1.29 is 28.2 Å². The van der Waals surface area contributed by atoms with Crippen LogP contribution < -0.4 is 9.64 Å². The third kappa shape index (κ3) is 6.39. The highest BCUT2D eigenvalue weighted by Gasteiger charge is 2.47. The van der Waals surface area contributed by atoms with Crippen molar-refractivity contribution in [3.63, 3.8) is 0 Å².